The van der Waals surface area contributed by atoms with Gasteiger partial charge in [0.05, 0.1) is 12.6 Å². The minimum absolute atomic E-state index is 0.332. The molecule has 0 aromatic carbocycles. The highest BCUT2D eigenvalue weighted by Crippen LogP contribution is 2.30. The highest BCUT2D eigenvalue weighted by atomic mass is 32.1. The van der Waals surface area contributed by atoms with E-state index in [0.717, 1.165) is 36.8 Å². The van der Waals surface area contributed by atoms with E-state index < -0.39 is 0 Å². The van der Waals surface area contributed by atoms with Crippen LogP contribution in [0.4, 0.5) is 0 Å². The van der Waals surface area contributed by atoms with Crippen molar-refractivity contribution >= 4 is 11.3 Å². The number of aliphatic hydroxyl groups is 1. The van der Waals surface area contributed by atoms with Crippen LogP contribution in [0.5, 0.6) is 0 Å². The quantitative estimate of drug-likeness (QED) is 0.892. The van der Waals surface area contributed by atoms with Crippen molar-refractivity contribution in [1.82, 2.24) is 14.5 Å². The summed E-state index contributed by atoms with van der Waals surface area (Å²) >= 11 is 1.64. The number of rotatable bonds is 6. The van der Waals surface area contributed by atoms with Crippen LogP contribution in [-0.2, 0) is 13.1 Å². The molecule has 4 nitrogen and oxygen atoms in total. The number of imidazole rings is 1. The van der Waals surface area contributed by atoms with Crippen LogP contribution in [0.1, 0.15) is 43.0 Å². The normalized spacial score (nSPS) is 21.0. The molecule has 0 bridgehead atoms. The third-order valence-corrected chi connectivity index (χ3v) is 5.33. The second-order valence-corrected chi connectivity index (χ2v) is 6.64. The summed E-state index contributed by atoms with van der Waals surface area (Å²) in [5, 5.41) is 12.4. The van der Waals surface area contributed by atoms with Crippen LogP contribution >= 0.6 is 11.3 Å². The maximum Gasteiger partial charge on any atom is 0.122 e. The lowest BCUT2D eigenvalue weighted by atomic mass is 10.1. The highest BCUT2D eigenvalue weighted by molar-refractivity contribution is 7.10. The molecule has 3 heterocycles. The Labute approximate surface area is 130 Å². The second kappa shape index (κ2) is 6.73. The van der Waals surface area contributed by atoms with E-state index in [-0.39, 0.29) is 6.10 Å². The third kappa shape index (κ3) is 3.36. The van der Waals surface area contributed by atoms with E-state index in [1.807, 2.05) is 29.9 Å². The third-order valence-electron chi connectivity index (χ3n) is 4.35. The van der Waals surface area contributed by atoms with E-state index in [4.69, 9.17) is 0 Å². The Kier molecular flexibility index (Phi) is 4.73. The summed E-state index contributed by atoms with van der Waals surface area (Å²) in [6.07, 6.45) is 6.81. The summed E-state index contributed by atoms with van der Waals surface area (Å²) in [6.45, 7) is 5.11. The average molecular weight is 305 g/mol. The predicted octanol–water partition coefficient (Wildman–Crippen LogP) is 3.05. The van der Waals surface area contributed by atoms with Gasteiger partial charge in [-0.25, -0.2) is 4.98 Å². The molecule has 1 saturated heterocycles. The van der Waals surface area contributed by atoms with E-state index in [0.29, 0.717) is 6.04 Å². The van der Waals surface area contributed by atoms with Crippen molar-refractivity contribution < 1.29 is 5.11 Å². The molecular formula is C16H23N3OS. The average Bonchev–Trinajstić information content (AvgIpc) is 3.21. The zero-order valence-electron chi connectivity index (χ0n) is 12.5. The summed E-state index contributed by atoms with van der Waals surface area (Å²) in [7, 11) is 0. The number of hydrogen-bond donors (Lipinski definition) is 1. The van der Waals surface area contributed by atoms with Crippen molar-refractivity contribution in [2.45, 2.75) is 51.4 Å². The first-order chi connectivity index (χ1) is 10.3. The fraction of sp³-hybridized carbons (Fsp3) is 0.562. The number of likely N-dealkylation sites (tertiary alicyclic amines) is 1. The van der Waals surface area contributed by atoms with E-state index in [1.165, 1.54) is 12.8 Å². The largest absolute Gasteiger partial charge is 0.388 e. The Morgan fingerprint density at radius 2 is 2.43 bits per heavy atom. The number of aromatic nitrogens is 2. The lowest BCUT2D eigenvalue weighted by molar-refractivity contribution is 0.119. The molecular weight excluding hydrogens is 282 g/mol. The fourth-order valence-electron chi connectivity index (χ4n) is 3.19. The SMILES string of the molecule is CCn1ccnc1CN1CCCC1CC(O)c1cccs1. The van der Waals surface area contributed by atoms with Gasteiger partial charge in [0, 0.05) is 29.9 Å². The minimum atomic E-state index is -0.332. The standard InChI is InChI=1S/C16H23N3OS/c1-2-18-9-7-17-16(18)12-19-8-3-5-13(19)11-14(20)15-6-4-10-21-15/h4,6-7,9-10,13-14,20H,2-3,5,8,11-12H2,1H3. The summed E-state index contributed by atoms with van der Waals surface area (Å²) < 4.78 is 2.20. The number of nitrogens with zero attached hydrogens (tertiary/aromatic N) is 3. The molecule has 2 unspecified atom stereocenters. The van der Waals surface area contributed by atoms with Gasteiger partial charge >= 0.3 is 0 Å². The van der Waals surface area contributed by atoms with Crippen LogP contribution < -0.4 is 0 Å². The zero-order valence-corrected chi connectivity index (χ0v) is 13.3. The molecule has 0 amide bonds. The number of thiophene rings is 1. The molecule has 21 heavy (non-hydrogen) atoms. The molecule has 0 saturated carbocycles. The van der Waals surface area contributed by atoms with Crippen molar-refractivity contribution in [2.75, 3.05) is 6.54 Å². The zero-order chi connectivity index (χ0) is 14.7. The monoisotopic (exact) mass is 305 g/mol. The lowest BCUT2D eigenvalue weighted by Gasteiger charge is -2.26. The predicted molar refractivity (Wildman–Crippen MR) is 85.2 cm³/mol. The van der Waals surface area contributed by atoms with Gasteiger partial charge in [-0.2, -0.15) is 0 Å². The smallest absolute Gasteiger partial charge is 0.122 e. The van der Waals surface area contributed by atoms with Gasteiger partial charge in [0.15, 0.2) is 0 Å². The molecule has 114 valence electrons. The van der Waals surface area contributed by atoms with E-state index in [1.54, 1.807) is 11.3 Å². The van der Waals surface area contributed by atoms with Crippen LogP contribution in [0.3, 0.4) is 0 Å². The van der Waals surface area contributed by atoms with Crippen LogP contribution in [-0.4, -0.2) is 32.1 Å². The minimum Gasteiger partial charge on any atom is -0.388 e. The number of aliphatic hydroxyl groups excluding tert-OH is 1. The molecule has 3 rings (SSSR count). The van der Waals surface area contributed by atoms with Gasteiger partial charge in [0.1, 0.15) is 5.82 Å². The van der Waals surface area contributed by atoms with Crippen molar-refractivity contribution in [3.05, 3.63) is 40.6 Å². The van der Waals surface area contributed by atoms with Gasteiger partial charge in [-0.15, -0.1) is 11.3 Å². The fourth-order valence-corrected chi connectivity index (χ4v) is 3.91. The van der Waals surface area contributed by atoms with Crippen LogP contribution in [0.25, 0.3) is 0 Å². The van der Waals surface area contributed by atoms with Gasteiger partial charge in [-0.1, -0.05) is 6.07 Å². The first kappa shape index (κ1) is 14.8. The van der Waals surface area contributed by atoms with Gasteiger partial charge in [0.25, 0.3) is 0 Å². The Morgan fingerprint density at radius 3 is 3.19 bits per heavy atom. The summed E-state index contributed by atoms with van der Waals surface area (Å²) in [5.41, 5.74) is 0. The number of hydrogen-bond acceptors (Lipinski definition) is 4. The second-order valence-electron chi connectivity index (χ2n) is 5.66. The Morgan fingerprint density at radius 1 is 1.52 bits per heavy atom. The van der Waals surface area contributed by atoms with Gasteiger partial charge in [-0.3, -0.25) is 4.90 Å². The lowest BCUT2D eigenvalue weighted by Crippen LogP contribution is -2.31. The Balaban J connectivity index is 1.63. The molecule has 1 N–H and O–H groups in total. The van der Waals surface area contributed by atoms with Crippen molar-refractivity contribution in [1.29, 1.82) is 0 Å². The van der Waals surface area contributed by atoms with Crippen molar-refractivity contribution in [3.63, 3.8) is 0 Å². The first-order valence-electron chi connectivity index (χ1n) is 7.73. The molecule has 0 spiro atoms. The van der Waals surface area contributed by atoms with Gasteiger partial charge in [-0.05, 0) is 44.2 Å². The van der Waals surface area contributed by atoms with Crippen LogP contribution in [0.2, 0.25) is 0 Å². The summed E-state index contributed by atoms with van der Waals surface area (Å²) in [4.78, 5) is 8.03. The molecule has 2 atom stereocenters. The molecule has 1 aliphatic rings. The summed E-state index contributed by atoms with van der Waals surface area (Å²) in [6, 6.07) is 4.50. The van der Waals surface area contributed by atoms with Crippen molar-refractivity contribution in [2.24, 2.45) is 0 Å². The van der Waals surface area contributed by atoms with Crippen LogP contribution in [0.15, 0.2) is 29.9 Å². The molecule has 0 aliphatic carbocycles. The molecule has 2 aromatic heterocycles. The maximum absolute atomic E-state index is 10.4. The molecule has 1 aliphatic heterocycles. The molecule has 5 heteroatoms. The molecule has 1 fully saturated rings. The molecule has 2 aromatic rings. The molecule has 0 radical (unpaired) electrons. The van der Waals surface area contributed by atoms with Crippen LogP contribution in [0, 0.1) is 0 Å². The van der Waals surface area contributed by atoms with Crippen molar-refractivity contribution in [3.8, 4) is 0 Å². The topological polar surface area (TPSA) is 41.3 Å². The first-order valence-corrected chi connectivity index (χ1v) is 8.61. The van der Waals surface area contributed by atoms with E-state index in [9.17, 15) is 5.11 Å². The highest BCUT2D eigenvalue weighted by Gasteiger charge is 2.28. The maximum atomic E-state index is 10.4. The van der Waals surface area contributed by atoms with E-state index in [2.05, 4.69) is 21.4 Å². The van der Waals surface area contributed by atoms with E-state index >= 15 is 0 Å². The Bertz CT molecular complexity index is 552. The Hall–Kier alpha value is -1.17. The summed E-state index contributed by atoms with van der Waals surface area (Å²) in [5.74, 6) is 1.13. The van der Waals surface area contributed by atoms with Gasteiger partial charge in [0.2, 0.25) is 0 Å². The van der Waals surface area contributed by atoms with Gasteiger partial charge < -0.3 is 9.67 Å². The number of aryl methyl sites for hydroxylation is 1.